The second-order valence-corrected chi connectivity index (χ2v) is 8.35. The Morgan fingerprint density at radius 3 is 2.48 bits per heavy atom. The lowest BCUT2D eigenvalue weighted by Gasteiger charge is -2.34. The van der Waals surface area contributed by atoms with E-state index in [2.05, 4.69) is 26.0 Å². The van der Waals surface area contributed by atoms with Crippen molar-refractivity contribution in [1.29, 1.82) is 0 Å². The summed E-state index contributed by atoms with van der Waals surface area (Å²) >= 11 is 0. The molecule has 1 saturated heterocycles. The molecule has 1 fully saturated rings. The summed E-state index contributed by atoms with van der Waals surface area (Å²) in [5, 5.41) is 1.09. The Hall–Kier alpha value is -3.68. The Labute approximate surface area is 193 Å². The van der Waals surface area contributed by atoms with Gasteiger partial charge in [0.2, 0.25) is 17.8 Å². The summed E-state index contributed by atoms with van der Waals surface area (Å²) in [5.74, 6) is 0.505. The van der Waals surface area contributed by atoms with E-state index in [-0.39, 0.29) is 5.91 Å². The highest BCUT2D eigenvalue weighted by Gasteiger charge is 2.22. The zero-order chi connectivity index (χ0) is 23.2. The fourth-order valence-corrected chi connectivity index (χ4v) is 4.18. The number of rotatable bonds is 9. The molecule has 172 valence electrons. The number of aromatic nitrogens is 3. The van der Waals surface area contributed by atoms with Gasteiger partial charge in [-0.3, -0.25) is 9.59 Å². The third-order valence-electron chi connectivity index (χ3n) is 6.16. The lowest BCUT2D eigenvalue weighted by molar-refractivity contribution is -0.131. The SMILES string of the molecule is C=Cc1cnc(N2CCN(C(=O)CCCCCn3ccc4ccc(C(N)=O)cc43)CC2)nc1. The summed E-state index contributed by atoms with van der Waals surface area (Å²) in [4.78, 5) is 36.9. The number of hydrogen-bond donors (Lipinski definition) is 1. The normalized spacial score (nSPS) is 13.9. The van der Waals surface area contributed by atoms with Crippen LogP contribution in [0.1, 0.15) is 41.6 Å². The zero-order valence-corrected chi connectivity index (χ0v) is 18.8. The van der Waals surface area contributed by atoms with Crippen molar-refractivity contribution in [2.24, 2.45) is 5.73 Å². The van der Waals surface area contributed by atoms with Gasteiger partial charge >= 0.3 is 0 Å². The van der Waals surface area contributed by atoms with Crippen LogP contribution in [-0.2, 0) is 11.3 Å². The van der Waals surface area contributed by atoms with Crippen molar-refractivity contribution in [3.05, 3.63) is 60.6 Å². The van der Waals surface area contributed by atoms with Crippen LogP contribution in [0.3, 0.4) is 0 Å². The third kappa shape index (κ3) is 5.39. The van der Waals surface area contributed by atoms with E-state index in [0.29, 0.717) is 31.0 Å². The van der Waals surface area contributed by atoms with Gasteiger partial charge in [-0.05, 0) is 36.4 Å². The third-order valence-corrected chi connectivity index (χ3v) is 6.16. The number of fused-ring (bicyclic) bond motifs is 1. The van der Waals surface area contributed by atoms with Crippen molar-refractivity contribution in [2.45, 2.75) is 32.2 Å². The molecule has 0 aliphatic carbocycles. The Morgan fingerprint density at radius 2 is 1.79 bits per heavy atom. The zero-order valence-electron chi connectivity index (χ0n) is 18.8. The highest BCUT2D eigenvalue weighted by molar-refractivity contribution is 5.97. The quantitative estimate of drug-likeness (QED) is 0.510. The van der Waals surface area contributed by atoms with Crippen LogP contribution in [0.2, 0.25) is 0 Å². The predicted octanol–water partition coefficient (Wildman–Crippen LogP) is 3.08. The fourth-order valence-electron chi connectivity index (χ4n) is 4.18. The van der Waals surface area contributed by atoms with Gasteiger partial charge in [-0.2, -0.15) is 0 Å². The maximum absolute atomic E-state index is 12.6. The number of nitrogens with zero attached hydrogens (tertiary/aromatic N) is 5. The summed E-state index contributed by atoms with van der Waals surface area (Å²) in [6, 6.07) is 7.57. The van der Waals surface area contributed by atoms with Gasteiger partial charge < -0.3 is 20.1 Å². The Balaban J connectivity index is 1.18. The van der Waals surface area contributed by atoms with Crippen LogP contribution in [-0.4, -0.2) is 57.4 Å². The van der Waals surface area contributed by atoms with Gasteiger partial charge in [-0.15, -0.1) is 0 Å². The smallest absolute Gasteiger partial charge is 0.248 e. The standard InChI is InChI=1S/C25H30N6O2/c1-2-19-17-27-25(28-18-19)31-14-12-30(13-15-31)23(32)6-4-3-5-10-29-11-9-20-7-8-21(24(26)33)16-22(20)29/h2,7-9,11,16-18H,1,3-6,10,12-15H2,(H2,26,33). The van der Waals surface area contributed by atoms with Gasteiger partial charge in [0.15, 0.2) is 0 Å². The molecule has 2 amide bonds. The van der Waals surface area contributed by atoms with Crippen LogP contribution in [0.15, 0.2) is 49.4 Å². The van der Waals surface area contributed by atoms with E-state index in [1.165, 1.54) is 0 Å². The molecule has 0 radical (unpaired) electrons. The number of hydrogen-bond acceptors (Lipinski definition) is 5. The van der Waals surface area contributed by atoms with Crippen LogP contribution < -0.4 is 10.6 Å². The van der Waals surface area contributed by atoms with Crippen molar-refractivity contribution >= 4 is 34.7 Å². The molecule has 3 heterocycles. The molecule has 33 heavy (non-hydrogen) atoms. The second kappa shape index (κ2) is 10.3. The maximum atomic E-state index is 12.6. The van der Waals surface area contributed by atoms with Crippen molar-refractivity contribution in [3.8, 4) is 0 Å². The second-order valence-electron chi connectivity index (χ2n) is 8.35. The minimum atomic E-state index is -0.415. The first-order chi connectivity index (χ1) is 16.0. The topological polar surface area (TPSA) is 97.4 Å². The van der Waals surface area contributed by atoms with Gasteiger partial charge in [-0.25, -0.2) is 9.97 Å². The molecule has 2 N–H and O–H groups in total. The summed E-state index contributed by atoms with van der Waals surface area (Å²) in [6.07, 6.45) is 10.7. The molecule has 3 aromatic rings. The molecule has 0 atom stereocenters. The van der Waals surface area contributed by atoms with Gasteiger partial charge in [-0.1, -0.05) is 25.1 Å². The molecule has 4 rings (SSSR count). The molecule has 1 aromatic carbocycles. The van der Waals surface area contributed by atoms with Crippen molar-refractivity contribution in [2.75, 3.05) is 31.1 Å². The lowest BCUT2D eigenvalue weighted by atomic mass is 10.1. The number of carbonyl (C=O) groups excluding carboxylic acids is 2. The molecule has 1 aliphatic heterocycles. The Kier molecular flexibility index (Phi) is 7.02. The number of benzene rings is 1. The number of primary amides is 1. The van der Waals surface area contributed by atoms with E-state index in [1.54, 1.807) is 24.5 Å². The molecule has 0 bridgehead atoms. The minimum Gasteiger partial charge on any atom is -0.366 e. The summed E-state index contributed by atoms with van der Waals surface area (Å²) in [5.41, 5.74) is 7.84. The molecular formula is C25H30N6O2. The first kappa shape index (κ1) is 22.5. The number of amides is 2. The molecule has 8 nitrogen and oxygen atoms in total. The summed E-state index contributed by atoms with van der Waals surface area (Å²) < 4.78 is 2.15. The van der Waals surface area contributed by atoms with Crippen LogP contribution in [0, 0.1) is 0 Å². The average Bonchev–Trinajstić information content (AvgIpc) is 3.26. The number of unbranched alkanes of at least 4 members (excludes halogenated alkanes) is 2. The lowest BCUT2D eigenvalue weighted by Crippen LogP contribution is -2.49. The summed E-state index contributed by atoms with van der Waals surface area (Å²) in [6.45, 7) is 7.45. The first-order valence-electron chi connectivity index (χ1n) is 11.4. The number of anilines is 1. The predicted molar refractivity (Wildman–Crippen MR) is 130 cm³/mol. The number of carbonyl (C=O) groups is 2. The number of aryl methyl sites for hydroxylation is 1. The fraction of sp³-hybridized carbons (Fsp3) is 0.360. The highest BCUT2D eigenvalue weighted by Crippen LogP contribution is 2.19. The molecule has 2 aromatic heterocycles. The highest BCUT2D eigenvalue weighted by atomic mass is 16.2. The van der Waals surface area contributed by atoms with Crippen molar-refractivity contribution in [3.63, 3.8) is 0 Å². The molecule has 1 aliphatic rings. The van der Waals surface area contributed by atoms with Crippen molar-refractivity contribution < 1.29 is 9.59 Å². The first-order valence-corrected chi connectivity index (χ1v) is 11.4. The van der Waals surface area contributed by atoms with Crippen LogP contribution >= 0.6 is 0 Å². The monoisotopic (exact) mass is 446 g/mol. The van der Waals surface area contributed by atoms with Crippen LogP contribution in [0.5, 0.6) is 0 Å². The van der Waals surface area contributed by atoms with E-state index in [0.717, 1.165) is 55.4 Å². The maximum Gasteiger partial charge on any atom is 0.248 e. The van der Waals surface area contributed by atoms with Crippen LogP contribution in [0.25, 0.3) is 17.0 Å². The summed E-state index contributed by atoms with van der Waals surface area (Å²) in [7, 11) is 0. The van der Waals surface area contributed by atoms with Crippen LogP contribution in [0.4, 0.5) is 5.95 Å². The largest absolute Gasteiger partial charge is 0.366 e. The van der Waals surface area contributed by atoms with Gasteiger partial charge in [0.25, 0.3) is 0 Å². The molecule has 8 heteroatoms. The van der Waals surface area contributed by atoms with Gasteiger partial charge in [0.05, 0.1) is 0 Å². The molecule has 0 unspecified atom stereocenters. The molecule has 0 saturated carbocycles. The van der Waals surface area contributed by atoms with E-state index in [9.17, 15) is 9.59 Å². The van der Waals surface area contributed by atoms with E-state index in [1.807, 2.05) is 29.3 Å². The number of nitrogens with two attached hydrogens (primary N) is 1. The minimum absolute atomic E-state index is 0.218. The van der Waals surface area contributed by atoms with E-state index in [4.69, 9.17) is 5.73 Å². The Bertz CT molecular complexity index is 1130. The van der Waals surface area contributed by atoms with E-state index < -0.39 is 5.91 Å². The molecule has 0 spiro atoms. The number of piperazine rings is 1. The van der Waals surface area contributed by atoms with Gasteiger partial charge in [0.1, 0.15) is 0 Å². The van der Waals surface area contributed by atoms with E-state index >= 15 is 0 Å². The van der Waals surface area contributed by atoms with Gasteiger partial charge in [0, 0.05) is 74.4 Å². The molecular weight excluding hydrogens is 416 g/mol. The van der Waals surface area contributed by atoms with Crippen molar-refractivity contribution in [1.82, 2.24) is 19.4 Å². The Morgan fingerprint density at radius 1 is 1.03 bits per heavy atom. The average molecular weight is 447 g/mol.